The molecule has 4 rings (SSSR count). The number of hydrogen-bond acceptors (Lipinski definition) is 6. The lowest BCUT2D eigenvalue weighted by Gasteiger charge is -2.36. The Morgan fingerprint density at radius 2 is 1.83 bits per heavy atom. The minimum absolute atomic E-state index is 0.0485. The van der Waals surface area contributed by atoms with Gasteiger partial charge in [-0.15, -0.1) is 10.2 Å². The first-order valence-electron chi connectivity index (χ1n) is 9.81. The molecular formula is C22H22ClN5O2. The van der Waals surface area contributed by atoms with Crippen molar-refractivity contribution < 1.29 is 9.53 Å². The van der Waals surface area contributed by atoms with Gasteiger partial charge in [-0.3, -0.25) is 9.78 Å². The fourth-order valence-electron chi connectivity index (χ4n) is 3.36. The summed E-state index contributed by atoms with van der Waals surface area (Å²) in [5.74, 6) is 1.27. The Balaban J connectivity index is 1.33. The number of benzene rings is 1. The Morgan fingerprint density at radius 1 is 1.03 bits per heavy atom. The van der Waals surface area contributed by atoms with Crippen LogP contribution in [0.3, 0.4) is 0 Å². The summed E-state index contributed by atoms with van der Waals surface area (Å²) in [6.07, 6.45) is 2.89. The minimum Gasteiger partial charge on any atom is -0.479 e. The number of hydrogen-bond donors (Lipinski definition) is 0. The largest absolute Gasteiger partial charge is 0.479 e. The molecule has 1 amide bonds. The predicted octanol–water partition coefficient (Wildman–Crippen LogP) is 3.31. The molecule has 0 saturated carbocycles. The molecule has 1 aromatic carbocycles. The Hall–Kier alpha value is -3.19. The van der Waals surface area contributed by atoms with Crippen LogP contribution in [0, 0.1) is 0 Å². The van der Waals surface area contributed by atoms with Crippen LogP contribution in [0.4, 0.5) is 5.82 Å². The van der Waals surface area contributed by atoms with Gasteiger partial charge in [0.2, 0.25) is 0 Å². The molecule has 3 aromatic rings. The molecule has 30 heavy (non-hydrogen) atoms. The van der Waals surface area contributed by atoms with Crippen LogP contribution in [-0.4, -0.2) is 58.3 Å². The fourth-order valence-corrected chi connectivity index (χ4v) is 3.54. The molecule has 3 heterocycles. The number of carbonyl (C=O) groups is 1. The van der Waals surface area contributed by atoms with Gasteiger partial charge in [-0.25, -0.2) is 0 Å². The van der Waals surface area contributed by atoms with E-state index in [0.29, 0.717) is 37.0 Å². The van der Waals surface area contributed by atoms with Gasteiger partial charge in [0.05, 0.1) is 10.7 Å². The van der Waals surface area contributed by atoms with Crippen molar-refractivity contribution in [3.8, 4) is 17.0 Å². The number of piperazine rings is 1. The summed E-state index contributed by atoms with van der Waals surface area (Å²) in [5.41, 5.74) is 1.71. The molecule has 7 nitrogen and oxygen atoms in total. The monoisotopic (exact) mass is 423 g/mol. The van der Waals surface area contributed by atoms with Gasteiger partial charge in [-0.2, -0.15) is 0 Å². The molecule has 0 spiro atoms. The van der Waals surface area contributed by atoms with Gasteiger partial charge in [-0.05, 0) is 43.3 Å². The van der Waals surface area contributed by atoms with E-state index in [0.717, 1.165) is 17.1 Å². The highest BCUT2D eigenvalue weighted by molar-refractivity contribution is 6.32. The number of aromatic nitrogens is 3. The second kappa shape index (κ2) is 9.09. The van der Waals surface area contributed by atoms with Gasteiger partial charge in [0.25, 0.3) is 5.91 Å². The lowest BCUT2D eigenvalue weighted by Crippen LogP contribution is -2.52. The van der Waals surface area contributed by atoms with E-state index in [1.807, 2.05) is 41.3 Å². The Morgan fingerprint density at radius 3 is 2.50 bits per heavy atom. The summed E-state index contributed by atoms with van der Waals surface area (Å²) < 4.78 is 5.76. The fraction of sp³-hybridized carbons (Fsp3) is 0.273. The molecule has 1 unspecified atom stereocenters. The van der Waals surface area contributed by atoms with Gasteiger partial charge in [-0.1, -0.05) is 23.7 Å². The van der Waals surface area contributed by atoms with Gasteiger partial charge < -0.3 is 14.5 Å². The highest BCUT2D eigenvalue weighted by atomic mass is 35.5. The summed E-state index contributed by atoms with van der Waals surface area (Å²) >= 11 is 6.12. The highest BCUT2D eigenvalue weighted by Gasteiger charge is 2.27. The quantitative estimate of drug-likeness (QED) is 0.627. The second-order valence-electron chi connectivity index (χ2n) is 7.02. The summed E-state index contributed by atoms with van der Waals surface area (Å²) in [5, 5.41) is 9.17. The number of rotatable bonds is 5. The zero-order chi connectivity index (χ0) is 20.9. The maximum atomic E-state index is 12.8. The molecule has 8 heteroatoms. The Bertz CT molecular complexity index is 992. The molecule has 1 atom stereocenters. The number of ether oxygens (including phenoxy) is 1. The van der Waals surface area contributed by atoms with Crippen molar-refractivity contribution in [3.63, 3.8) is 0 Å². The molecule has 1 aliphatic rings. The van der Waals surface area contributed by atoms with Gasteiger partial charge in [0.1, 0.15) is 5.75 Å². The third-order valence-electron chi connectivity index (χ3n) is 5.01. The molecule has 0 bridgehead atoms. The van der Waals surface area contributed by atoms with Crippen LogP contribution in [0.25, 0.3) is 11.3 Å². The van der Waals surface area contributed by atoms with E-state index in [-0.39, 0.29) is 5.91 Å². The average molecular weight is 424 g/mol. The van der Waals surface area contributed by atoms with Gasteiger partial charge >= 0.3 is 0 Å². The maximum absolute atomic E-state index is 12.8. The third kappa shape index (κ3) is 4.52. The predicted molar refractivity (Wildman–Crippen MR) is 116 cm³/mol. The first-order valence-corrected chi connectivity index (χ1v) is 10.2. The smallest absolute Gasteiger partial charge is 0.263 e. The third-order valence-corrected chi connectivity index (χ3v) is 5.32. The SMILES string of the molecule is CC(Oc1ccccc1Cl)C(=O)N1CCN(c2ccc(-c3cccnc3)nn2)CC1. The number of anilines is 1. The molecule has 0 radical (unpaired) electrons. The lowest BCUT2D eigenvalue weighted by atomic mass is 10.2. The maximum Gasteiger partial charge on any atom is 0.263 e. The van der Waals surface area contributed by atoms with Crippen molar-refractivity contribution in [2.75, 3.05) is 31.1 Å². The molecule has 0 aliphatic carbocycles. The van der Waals surface area contributed by atoms with E-state index in [4.69, 9.17) is 16.3 Å². The zero-order valence-electron chi connectivity index (χ0n) is 16.6. The van der Waals surface area contributed by atoms with E-state index in [1.165, 1.54) is 0 Å². The topological polar surface area (TPSA) is 71.5 Å². The number of nitrogens with zero attached hydrogens (tertiary/aromatic N) is 5. The number of halogens is 1. The number of carbonyl (C=O) groups excluding carboxylic acids is 1. The first kappa shape index (κ1) is 20.1. The average Bonchev–Trinajstić information content (AvgIpc) is 2.81. The van der Waals surface area contributed by atoms with Crippen molar-refractivity contribution >= 4 is 23.3 Å². The van der Waals surface area contributed by atoms with Crippen LogP contribution in [-0.2, 0) is 4.79 Å². The van der Waals surface area contributed by atoms with Crippen molar-refractivity contribution in [1.82, 2.24) is 20.1 Å². The molecule has 1 saturated heterocycles. The van der Waals surface area contributed by atoms with E-state index >= 15 is 0 Å². The molecule has 154 valence electrons. The Kier molecular flexibility index (Phi) is 6.09. The molecule has 2 aromatic heterocycles. The highest BCUT2D eigenvalue weighted by Crippen LogP contribution is 2.25. The van der Waals surface area contributed by atoms with Crippen molar-refractivity contribution in [3.05, 3.63) is 65.9 Å². The molecule has 1 fully saturated rings. The van der Waals surface area contributed by atoms with E-state index < -0.39 is 6.10 Å². The van der Waals surface area contributed by atoms with Crippen molar-refractivity contribution in [2.45, 2.75) is 13.0 Å². The molecule has 1 aliphatic heterocycles. The van der Waals surface area contributed by atoms with Crippen molar-refractivity contribution in [2.24, 2.45) is 0 Å². The summed E-state index contributed by atoms with van der Waals surface area (Å²) in [4.78, 5) is 20.8. The van der Waals surface area contributed by atoms with Crippen molar-refractivity contribution in [1.29, 1.82) is 0 Å². The zero-order valence-corrected chi connectivity index (χ0v) is 17.4. The van der Waals surface area contributed by atoms with Crippen LogP contribution >= 0.6 is 11.6 Å². The first-order chi connectivity index (χ1) is 14.6. The van der Waals surface area contributed by atoms with Gasteiger partial charge in [0, 0.05) is 44.1 Å². The number of para-hydroxylation sites is 1. The van der Waals surface area contributed by atoms with Crippen LogP contribution in [0.5, 0.6) is 5.75 Å². The second-order valence-corrected chi connectivity index (χ2v) is 7.43. The summed E-state index contributed by atoms with van der Waals surface area (Å²) in [7, 11) is 0. The van der Waals surface area contributed by atoms with E-state index in [2.05, 4.69) is 20.1 Å². The number of pyridine rings is 1. The van der Waals surface area contributed by atoms with Crippen LogP contribution in [0.2, 0.25) is 5.02 Å². The van der Waals surface area contributed by atoms with Crippen LogP contribution in [0.1, 0.15) is 6.92 Å². The summed E-state index contributed by atoms with van der Waals surface area (Å²) in [6.45, 7) is 4.32. The van der Waals surface area contributed by atoms with E-state index in [9.17, 15) is 4.79 Å². The summed E-state index contributed by atoms with van der Waals surface area (Å²) in [6, 6.07) is 14.9. The minimum atomic E-state index is -0.602. The lowest BCUT2D eigenvalue weighted by molar-refractivity contribution is -0.138. The van der Waals surface area contributed by atoms with Crippen LogP contribution in [0.15, 0.2) is 60.9 Å². The molecule has 0 N–H and O–H groups in total. The van der Waals surface area contributed by atoms with E-state index in [1.54, 1.807) is 31.5 Å². The molecular weight excluding hydrogens is 402 g/mol. The standard InChI is InChI=1S/C22H22ClN5O2/c1-16(30-20-7-3-2-6-18(20)23)22(29)28-13-11-27(12-14-28)21-9-8-19(25-26-21)17-5-4-10-24-15-17/h2-10,15-16H,11-14H2,1H3. The normalized spacial score (nSPS) is 15.0. The van der Waals surface area contributed by atoms with Crippen LogP contribution < -0.4 is 9.64 Å². The number of amides is 1. The Labute approximate surface area is 180 Å². The van der Waals surface area contributed by atoms with Gasteiger partial charge in [0.15, 0.2) is 11.9 Å².